The van der Waals surface area contributed by atoms with Gasteiger partial charge >= 0.3 is 19.8 Å². The summed E-state index contributed by atoms with van der Waals surface area (Å²) in [4.78, 5) is 34.5. The maximum Gasteiger partial charge on any atom is 0.472 e. The van der Waals surface area contributed by atoms with Gasteiger partial charge < -0.3 is 24.6 Å². The highest BCUT2D eigenvalue weighted by molar-refractivity contribution is 7.47. The number of aliphatic hydroxyl groups is 2. The molecule has 11 heteroatoms. The van der Waals surface area contributed by atoms with Gasteiger partial charge in [0.15, 0.2) is 0 Å². The highest BCUT2D eigenvalue weighted by Crippen LogP contribution is 2.43. The summed E-state index contributed by atoms with van der Waals surface area (Å²) in [7, 11) is -4.63. The highest BCUT2D eigenvalue weighted by atomic mass is 31.2. The van der Waals surface area contributed by atoms with E-state index in [1.54, 1.807) is 0 Å². The van der Waals surface area contributed by atoms with E-state index in [1.165, 1.54) is 70.6 Å². The summed E-state index contributed by atoms with van der Waals surface area (Å²) < 4.78 is 32.5. The molecule has 0 amide bonds. The normalized spacial score (nSPS) is 14.3. The summed E-state index contributed by atoms with van der Waals surface area (Å²) in [5, 5.41) is 19.1. The van der Waals surface area contributed by atoms with E-state index in [-0.39, 0.29) is 12.8 Å². The van der Waals surface area contributed by atoms with Crippen LogP contribution < -0.4 is 0 Å². The molecule has 55 heavy (non-hydrogen) atoms. The summed E-state index contributed by atoms with van der Waals surface area (Å²) in [6, 6.07) is 0. The SMILES string of the molecule is CC/C=C\C/C=C\C/C=C\C/C=C\CCCCCCCCCCC(=O)OC(CO)COP(=O)(O)OCC(CO)OC(=O)CCCCCCCCCCCCC. The smallest absolute Gasteiger partial charge is 0.457 e. The zero-order chi connectivity index (χ0) is 40.5. The summed E-state index contributed by atoms with van der Waals surface area (Å²) in [6.45, 7) is 2.07. The Labute approximate surface area is 334 Å². The lowest BCUT2D eigenvalue weighted by molar-refractivity contribution is -0.153. The zero-order valence-corrected chi connectivity index (χ0v) is 35.5. The van der Waals surface area contributed by atoms with Crippen molar-refractivity contribution in [3.8, 4) is 0 Å². The number of phosphoric ester groups is 1. The average Bonchev–Trinajstić information content (AvgIpc) is 3.17. The van der Waals surface area contributed by atoms with Gasteiger partial charge in [0.25, 0.3) is 0 Å². The van der Waals surface area contributed by atoms with Crippen LogP contribution >= 0.6 is 7.82 Å². The molecule has 0 aromatic carbocycles. The van der Waals surface area contributed by atoms with E-state index in [2.05, 4.69) is 62.5 Å². The Morgan fingerprint density at radius 2 is 0.855 bits per heavy atom. The summed E-state index contributed by atoms with van der Waals surface area (Å²) in [5.41, 5.74) is 0. The third kappa shape index (κ3) is 38.6. The van der Waals surface area contributed by atoms with E-state index >= 15 is 0 Å². The molecule has 0 aromatic heterocycles. The van der Waals surface area contributed by atoms with Gasteiger partial charge in [-0.15, -0.1) is 0 Å². The van der Waals surface area contributed by atoms with E-state index in [0.29, 0.717) is 12.8 Å². The number of phosphoric acid groups is 1. The van der Waals surface area contributed by atoms with E-state index in [0.717, 1.165) is 70.6 Å². The number of allylic oxidation sites excluding steroid dienone is 8. The molecule has 0 heterocycles. The molecule has 0 rings (SSSR count). The van der Waals surface area contributed by atoms with Gasteiger partial charge in [-0.3, -0.25) is 18.6 Å². The minimum atomic E-state index is -4.63. The number of carbonyl (C=O) groups is 2. The van der Waals surface area contributed by atoms with Gasteiger partial charge in [0.1, 0.15) is 12.2 Å². The van der Waals surface area contributed by atoms with Crippen LogP contribution in [0.25, 0.3) is 0 Å². The number of rotatable bonds is 40. The molecular formula is C44H79O10P. The zero-order valence-electron chi connectivity index (χ0n) is 34.6. The summed E-state index contributed by atoms with van der Waals surface area (Å²) in [5.74, 6) is -1.03. The van der Waals surface area contributed by atoms with Crippen molar-refractivity contribution in [3.05, 3.63) is 48.6 Å². The fourth-order valence-corrected chi connectivity index (χ4v) is 6.54. The Hall–Kier alpha value is -2.07. The standard InChI is InChI=1S/C44H79O10P/c1-3-5-7-9-11-13-15-16-17-18-19-20-21-22-23-24-26-28-30-32-34-36-44(48)54-42(38-46)40-52-55(49,50)51-39-41(37-45)53-43(47)35-33-31-29-27-25-14-12-10-8-6-4-2/h5,7,11,13,16-17,19-20,41-42,45-46H,3-4,6,8-10,12,14-15,18,21-40H2,1-2H3,(H,49,50)/b7-5-,13-11-,17-16-,20-19-. The average molecular weight is 799 g/mol. The van der Waals surface area contributed by atoms with Crippen LogP contribution in [0.4, 0.5) is 0 Å². The Kier molecular flexibility index (Phi) is 38.6. The lowest BCUT2D eigenvalue weighted by Gasteiger charge is -2.20. The van der Waals surface area contributed by atoms with Crippen molar-refractivity contribution >= 4 is 19.8 Å². The molecule has 3 unspecified atom stereocenters. The number of aliphatic hydroxyl groups excluding tert-OH is 2. The second-order valence-corrected chi connectivity index (χ2v) is 15.8. The van der Waals surface area contributed by atoms with Crippen LogP contribution in [-0.2, 0) is 32.7 Å². The third-order valence-electron chi connectivity index (χ3n) is 9.06. The maximum absolute atomic E-state index is 12.3. The molecule has 0 saturated carbocycles. The molecular weight excluding hydrogens is 719 g/mol. The predicted octanol–water partition coefficient (Wildman–Crippen LogP) is 11.3. The minimum absolute atomic E-state index is 0.182. The summed E-state index contributed by atoms with van der Waals surface area (Å²) in [6.07, 6.45) is 42.3. The van der Waals surface area contributed by atoms with Crippen molar-refractivity contribution < 1.29 is 47.8 Å². The number of carbonyl (C=O) groups excluding carboxylic acids is 2. The van der Waals surface area contributed by atoms with Crippen molar-refractivity contribution in [2.45, 2.75) is 193 Å². The van der Waals surface area contributed by atoms with Crippen molar-refractivity contribution in [3.63, 3.8) is 0 Å². The molecule has 0 spiro atoms. The fraction of sp³-hybridized carbons (Fsp3) is 0.773. The molecule has 0 aliphatic rings. The molecule has 3 N–H and O–H groups in total. The molecule has 10 nitrogen and oxygen atoms in total. The fourth-order valence-electron chi connectivity index (χ4n) is 5.75. The molecule has 3 atom stereocenters. The van der Waals surface area contributed by atoms with Crippen LogP contribution in [-0.4, -0.2) is 65.7 Å². The number of ether oxygens (including phenoxy) is 2. The molecule has 0 radical (unpaired) electrons. The molecule has 0 aliphatic carbocycles. The van der Waals surface area contributed by atoms with Gasteiger partial charge in [0.2, 0.25) is 0 Å². The predicted molar refractivity (Wildman–Crippen MR) is 224 cm³/mol. The van der Waals surface area contributed by atoms with E-state index < -0.39 is 58.4 Å². The van der Waals surface area contributed by atoms with Gasteiger partial charge in [-0.2, -0.15) is 0 Å². The third-order valence-corrected chi connectivity index (χ3v) is 10.0. The summed E-state index contributed by atoms with van der Waals surface area (Å²) >= 11 is 0. The quantitative estimate of drug-likeness (QED) is 0.0237. The van der Waals surface area contributed by atoms with Crippen LogP contribution in [0.1, 0.15) is 181 Å². The molecule has 0 saturated heterocycles. The lowest BCUT2D eigenvalue weighted by atomic mass is 10.1. The van der Waals surface area contributed by atoms with Crippen LogP contribution in [0.15, 0.2) is 48.6 Å². The van der Waals surface area contributed by atoms with Gasteiger partial charge in [-0.1, -0.05) is 165 Å². The highest BCUT2D eigenvalue weighted by Gasteiger charge is 2.27. The van der Waals surface area contributed by atoms with Crippen molar-refractivity contribution in [1.29, 1.82) is 0 Å². The van der Waals surface area contributed by atoms with Crippen LogP contribution in [0, 0.1) is 0 Å². The molecule has 320 valence electrons. The van der Waals surface area contributed by atoms with Gasteiger partial charge in [0, 0.05) is 12.8 Å². The largest absolute Gasteiger partial charge is 0.472 e. The topological polar surface area (TPSA) is 149 Å². The van der Waals surface area contributed by atoms with E-state index in [1.807, 2.05) is 0 Å². The molecule has 0 aromatic rings. The number of unbranched alkanes of at least 4 members (excludes halogenated alkanes) is 18. The first kappa shape index (κ1) is 52.9. The van der Waals surface area contributed by atoms with Crippen molar-refractivity contribution in [1.82, 2.24) is 0 Å². The first-order valence-corrected chi connectivity index (χ1v) is 23.1. The first-order chi connectivity index (χ1) is 26.8. The Morgan fingerprint density at radius 3 is 1.24 bits per heavy atom. The van der Waals surface area contributed by atoms with Crippen LogP contribution in [0.2, 0.25) is 0 Å². The Balaban J connectivity index is 3.91. The van der Waals surface area contributed by atoms with Gasteiger partial charge in [0.05, 0.1) is 26.4 Å². The molecule has 0 fully saturated rings. The monoisotopic (exact) mass is 799 g/mol. The van der Waals surface area contributed by atoms with Crippen molar-refractivity contribution in [2.75, 3.05) is 26.4 Å². The lowest BCUT2D eigenvalue weighted by Crippen LogP contribution is -2.28. The van der Waals surface area contributed by atoms with Crippen LogP contribution in [0.3, 0.4) is 0 Å². The van der Waals surface area contributed by atoms with E-state index in [4.69, 9.17) is 18.5 Å². The Morgan fingerprint density at radius 1 is 0.509 bits per heavy atom. The number of hydrogen-bond acceptors (Lipinski definition) is 9. The van der Waals surface area contributed by atoms with Gasteiger partial charge in [-0.05, 0) is 51.4 Å². The number of esters is 2. The Bertz CT molecular complexity index is 1060. The maximum atomic E-state index is 12.3. The van der Waals surface area contributed by atoms with Gasteiger partial charge in [-0.25, -0.2) is 4.57 Å². The van der Waals surface area contributed by atoms with Crippen molar-refractivity contribution in [2.24, 2.45) is 0 Å². The van der Waals surface area contributed by atoms with Crippen LogP contribution in [0.5, 0.6) is 0 Å². The number of hydrogen-bond donors (Lipinski definition) is 3. The van der Waals surface area contributed by atoms with E-state index in [9.17, 15) is 29.3 Å². The second-order valence-electron chi connectivity index (χ2n) is 14.3. The second kappa shape index (κ2) is 40.1. The minimum Gasteiger partial charge on any atom is -0.457 e. The molecule has 0 aliphatic heterocycles. The first-order valence-electron chi connectivity index (χ1n) is 21.6. The molecule has 0 bridgehead atoms.